The van der Waals surface area contributed by atoms with E-state index in [2.05, 4.69) is 10.1 Å². The molecule has 0 spiro atoms. The van der Waals surface area contributed by atoms with Gasteiger partial charge in [0.1, 0.15) is 11.5 Å². The second-order valence-corrected chi connectivity index (χ2v) is 4.72. The van der Waals surface area contributed by atoms with E-state index in [9.17, 15) is 4.39 Å². The van der Waals surface area contributed by atoms with Crippen molar-refractivity contribution in [2.75, 3.05) is 0 Å². The first-order valence-corrected chi connectivity index (χ1v) is 6.54. The molecule has 3 aromatic rings. The highest BCUT2D eigenvalue weighted by molar-refractivity contribution is 5.81. The zero-order valence-corrected chi connectivity index (χ0v) is 11.5. The van der Waals surface area contributed by atoms with Gasteiger partial charge in [-0.2, -0.15) is 0 Å². The fraction of sp³-hybridized carbons (Fsp3) is 0.0588. The monoisotopic (exact) mass is 280 g/mol. The second kappa shape index (κ2) is 5.71. The summed E-state index contributed by atoms with van der Waals surface area (Å²) < 4.78 is 18.1. The van der Waals surface area contributed by atoms with Gasteiger partial charge in [-0.25, -0.2) is 4.39 Å². The maximum atomic E-state index is 12.8. The normalized spacial score (nSPS) is 11.1. The van der Waals surface area contributed by atoms with E-state index >= 15 is 0 Å². The molecule has 1 heterocycles. The summed E-state index contributed by atoms with van der Waals surface area (Å²) in [6, 6.07) is 15.8. The van der Waals surface area contributed by atoms with Crippen LogP contribution in [0.3, 0.4) is 0 Å². The fourth-order valence-electron chi connectivity index (χ4n) is 1.87. The Bertz CT molecular complexity index is 758. The quantitative estimate of drug-likeness (QED) is 0.661. The molecule has 0 saturated carbocycles. The molecule has 0 bridgehead atoms. The van der Waals surface area contributed by atoms with Crippen molar-refractivity contribution in [1.29, 1.82) is 0 Å². The average molecular weight is 280 g/mol. The van der Waals surface area contributed by atoms with Crippen LogP contribution >= 0.6 is 0 Å². The molecule has 0 aliphatic carbocycles. The molecule has 0 aliphatic heterocycles. The predicted octanol–water partition coefficient (Wildman–Crippen LogP) is 4.54. The van der Waals surface area contributed by atoms with E-state index in [1.807, 2.05) is 37.3 Å². The minimum atomic E-state index is -0.281. The van der Waals surface area contributed by atoms with Crippen molar-refractivity contribution in [1.82, 2.24) is 5.16 Å². The number of rotatable bonds is 3. The maximum Gasteiger partial charge on any atom is 0.167 e. The fourth-order valence-corrected chi connectivity index (χ4v) is 1.87. The molecule has 3 nitrogen and oxygen atoms in total. The summed E-state index contributed by atoms with van der Waals surface area (Å²) in [6.07, 6.45) is 1.59. The first-order valence-electron chi connectivity index (χ1n) is 6.54. The third-order valence-electron chi connectivity index (χ3n) is 3.04. The van der Waals surface area contributed by atoms with Crippen molar-refractivity contribution in [2.45, 2.75) is 6.92 Å². The van der Waals surface area contributed by atoms with Crippen molar-refractivity contribution in [3.8, 4) is 11.3 Å². The van der Waals surface area contributed by atoms with Crippen molar-refractivity contribution < 1.29 is 8.91 Å². The van der Waals surface area contributed by atoms with Gasteiger partial charge in [0.15, 0.2) is 5.76 Å². The Labute approximate surface area is 121 Å². The predicted molar refractivity (Wildman–Crippen MR) is 80.3 cm³/mol. The Kier molecular flexibility index (Phi) is 3.60. The van der Waals surface area contributed by atoms with Crippen molar-refractivity contribution >= 4 is 11.9 Å². The second-order valence-electron chi connectivity index (χ2n) is 4.72. The molecule has 21 heavy (non-hydrogen) atoms. The number of benzene rings is 2. The molecule has 0 aliphatic rings. The molecule has 0 radical (unpaired) electrons. The van der Waals surface area contributed by atoms with E-state index in [1.165, 1.54) is 17.7 Å². The first-order chi connectivity index (χ1) is 10.2. The number of hydrogen-bond donors (Lipinski definition) is 0. The van der Waals surface area contributed by atoms with Crippen LogP contribution in [0.15, 0.2) is 64.1 Å². The van der Waals surface area contributed by atoms with Crippen LogP contribution in [0.1, 0.15) is 11.3 Å². The molecule has 104 valence electrons. The molecule has 0 unspecified atom stereocenters. The zero-order valence-electron chi connectivity index (χ0n) is 11.5. The number of aryl methyl sites for hydroxylation is 1. The van der Waals surface area contributed by atoms with E-state index < -0.39 is 0 Å². The van der Waals surface area contributed by atoms with Gasteiger partial charge in [-0.3, -0.25) is 4.99 Å². The van der Waals surface area contributed by atoms with Crippen LogP contribution in [0.4, 0.5) is 10.1 Å². The number of aromatic nitrogens is 1. The molecule has 1 aromatic heterocycles. The highest BCUT2D eigenvalue weighted by Crippen LogP contribution is 2.20. The highest BCUT2D eigenvalue weighted by Gasteiger charge is 2.04. The standard InChI is InChI=1S/C17H13FN2O/c1-12-2-4-13(5-3-12)17-10-16(20-21-17)11-19-15-8-6-14(18)7-9-15/h2-11H,1H3. The lowest BCUT2D eigenvalue weighted by atomic mass is 10.1. The summed E-state index contributed by atoms with van der Waals surface area (Å²) in [4.78, 5) is 4.22. The molecule has 0 saturated heterocycles. The molecule has 0 amide bonds. The van der Waals surface area contributed by atoms with Crippen LogP contribution in [0.25, 0.3) is 11.3 Å². The molecule has 4 heteroatoms. The summed E-state index contributed by atoms with van der Waals surface area (Å²) in [6.45, 7) is 2.03. The lowest BCUT2D eigenvalue weighted by molar-refractivity contribution is 0.431. The van der Waals surface area contributed by atoms with Gasteiger partial charge in [-0.05, 0) is 31.2 Å². The Balaban J connectivity index is 1.78. The van der Waals surface area contributed by atoms with Crippen LogP contribution in [-0.4, -0.2) is 11.4 Å². The van der Waals surface area contributed by atoms with Gasteiger partial charge in [-0.1, -0.05) is 35.0 Å². The van der Waals surface area contributed by atoms with Gasteiger partial charge in [0, 0.05) is 11.6 Å². The molecule has 0 atom stereocenters. The first kappa shape index (κ1) is 13.2. The lowest BCUT2D eigenvalue weighted by Crippen LogP contribution is -1.78. The minimum Gasteiger partial charge on any atom is -0.356 e. The van der Waals surface area contributed by atoms with Crippen molar-refractivity contribution in [3.05, 3.63) is 71.7 Å². The summed E-state index contributed by atoms with van der Waals surface area (Å²) in [5, 5.41) is 3.95. The lowest BCUT2D eigenvalue weighted by Gasteiger charge is -1.95. The molecular weight excluding hydrogens is 267 g/mol. The molecule has 3 rings (SSSR count). The van der Waals surface area contributed by atoms with Gasteiger partial charge in [-0.15, -0.1) is 0 Å². The summed E-state index contributed by atoms with van der Waals surface area (Å²) >= 11 is 0. The van der Waals surface area contributed by atoms with E-state index in [1.54, 1.807) is 18.3 Å². The molecule has 0 fully saturated rings. The van der Waals surface area contributed by atoms with Crippen LogP contribution in [0, 0.1) is 12.7 Å². The highest BCUT2D eigenvalue weighted by atomic mass is 19.1. The van der Waals surface area contributed by atoms with Crippen LogP contribution < -0.4 is 0 Å². The van der Waals surface area contributed by atoms with Gasteiger partial charge < -0.3 is 4.52 Å². The largest absolute Gasteiger partial charge is 0.356 e. The summed E-state index contributed by atoms with van der Waals surface area (Å²) in [7, 11) is 0. The van der Waals surface area contributed by atoms with E-state index in [0.717, 1.165) is 5.56 Å². The van der Waals surface area contributed by atoms with Crippen LogP contribution in [-0.2, 0) is 0 Å². The Morgan fingerprint density at radius 2 is 1.76 bits per heavy atom. The maximum absolute atomic E-state index is 12.8. The van der Waals surface area contributed by atoms with Gasteiger partial charge in [0.05, 0.1) is 11.9 Å². The van der Waals surface area contributed by atoms with Gasteiger partial charge in [0.2, 0.25) is 0 Å². The van der Waals surface area contributed by atoms with Crippen molar-refractivity contribution in [3.63, 3.8) is 0 Å². The molecular formula is C17H13FN2O. The van der Waals surface area contributed by atoms with Crippen molar-refractivity contribution in [2.24, 2.45) is 4.99 Å². The van der Waals surface area contributed by atoms with Gasteiger partial charge >= 0.3 is 0 Å². The Morgan fingerprint density at radius 3 is 2.48 bits per heavy atom. The Hall–Kier alpha value is -2.75. The van der Waals surface area contributed by atoms with E-state index in [-0.39, 0.29) is 5.82 Å². The Morgan fingerprint density at radius 1 is 1.05 bits per heavy atom. The zero-order chi connectivity index (χ0) is 14.7. The number of hydrogen-bond acceptors (Lipinski definition) is 3. The minimum absolute atomic E-state index is 0.281. The molecule has 2 aromatic carbocycles. The summed E-state index contributed by atoms with van der Waals surface area (Å²) in [5.41, 5.74) is 3.44. The van der Waals surface area contributed by atoms with Crippen LogP contribution in [0.2, 0.25) is 0 Å². The van der Waals surface area contributed by atoms with Gasteiger partial charge in [0.25, 0.3) is 0 Å². The third-order valence-corrected chi connectivity index (χ3v) is 3.04. The average Bonchev–Trinajstić information content (AvgIpc) is 2.96. The number of nitrogens with zero attached hydrogens (tertiary/aromatic N) is 2. The summed E-state index contributed by atoms with van der Waals surface area (Å²) in [5.74, 6) is 0.410. The number of halogens is 1. The molecule has 0 N–H and O–H groups in total. The van der Waals surface area contributed by atoms with E-state index in [0.29, 0.717) is 17.1 Å². The van der Waals surface area contributed by atoms with Crippen LogP contribution in [0.5, 0.6) is 0 Å². The topological polar surface area (TPSA) is 38.4 Å². The smallest absolute Gasteiger partial charge is 0.167 e. The van der Waals surface area contributed by atoms with E-state index in [4.69, 9.17) is 4.52 Å². The number of aliphatic imine (C=N–C) groups is 1. The SMILES string of the molecule is Cc1ccc(-c2cc(C=Nc3ccc(F)cc3)no2)cc1. The third kappa shape index (κ3) is 3.23.